The van der Waals surface area contributed by atoms with Crippen molar-refractivity contribution in [3.05, 3.63) is 53.7 Å². The average Bonchev–Trinajstić information content (AvgIpc) is 2.77. The number of hydrogen-bond acceptors (Lipinski definition) is 3. The lowest BCUT2D eigenvalue weighted by Crippen LogP contribution is -2.14. The van der Waals surface area contributed by atoms with Crippen molar-refractivity contribution in [3.63, 3.8) is 0 Å². The standard InChI is InChI=1S/C13H15N3O/c1-9-8-15-13(17-9)10(2)16-12(14)11-6-4-3-5-7-11/h3-8,10H,1-2H3,(H2,14,16). The maximum Gasteiger partial charge on any atom is 0.218 e. The van der Waals surface area contributed by atoms with E-state index >= 15 is 0 Å². The van der Waals surface area contributed by atoms with Gasteiger partial charge in [-0.2, -0.15) is 0 Å². The highest BCUT2D eigenvalue weighted by Crippen LogP contribution is 2.16. The van der Waals surface area contributed by atoms with Gasteiger partial charge in [0.2, 0.25) is 5.89 Å². The monoisotopic (exact) mass is 229 g/mol. The number of nitrogens with two attached hydrogens (primary N) is 1. The number of aryl methyl sites for hydroxylation is 1. The third-order valence-corrected chi connectivity index (χ3v) is 2.40. The minimum absolute atomic E-state index is 0.177. The first-order valence-corrected chi connectivity index (χ1v) is 5.48. The van der Waals surface area contributed by atoms with Gasteiger partial charge < -0.3 is 10.2 Å². The molecule has 4 heteroatoms. The van der Waals surface area contributed by atoms with Crippen LogP contribution in [0.15, 0.2) is 45.9 Å². The molecule has 1 heterocycles. The zero-order valence-electron chi connectivity index (χ0n) is 9.92. The van der Waals surface area contributed by atoms with E-state index in [9.17, 15) is 0 Å². The Morgan fingerprint density at radius 3 is 2.65 bits per heavy atom. The molecular weight excluding hydrogens is 214 g/mol. The summed E-state index contributed by atoms with van der Waals surface area (Å²) in [5, 5.41) is 0. The van der Waals surface area contributed by atoms with Crippen LogP contribution >= 0.6 is 0 Å². The topological polar surface area (TPSA) is 64.4 Å². The predicted octanol–water partition coefficient (Wildman–Crippen LogP) is 2.45. The van der Waals surface area contributed by atoms with Crippen molar-refractivity contribution in [2.24, 2.45) is 10.7 Å². The molecule has 88 valence electrons. The second kappa shape index (κ2) is 4.82. The van der Waals surface area contributed by atoms with Gasteiger partial charge >= 0.3 is 0 Å². The Labute approximate surface area is 100 Å². The SMILES string of the molecule is Cc1cnc(C(C)N=C(N)c2ccccc2)o1. The van der Waals surface area contributed by atoms with E-state index in [-0.39, 0.29) is 6.04 Å². The first-order chi connectivity index (χ1) is 8.16. The molecule has 0 aliphatic rings. The fourth-order valence-corrected chi connectivity index (χ4v) is 1.51. The molecule has 0 fully saturated rings. The Kier molecular flexibility index (Phi) is 3.23. The van der Waals surface area contributed by atoms with Gasteiger partial charge in [-0.05, 0) is 13.8 Å². The van der Waals surface area contributed by atoms with Gasteiger partial charge in [0.1, 0.15) is 17.6 Å². The Morgan fingerprint density at radius 2 is 2.06 bits per heavy atom. The van der Waals surface area contributed by atoms with Crippen LogP contribution in [0.2, 0.25) is 0 Å². The summed E-state index contributed by atoms with van der Waals surface area (Å²) >= 11 is 0. The Morgan fingerprint density at radius 1 is 1.35 bits per heavy atom. The molecule has 4 nitrogen and oxygen atoms in total. The minimum Gasteiger partial charge on any atom is -0.444 e. The quantitative estimate of drug-likeness (QED) is 0.649. The van der Waals surface area contributed by atoms with Crippen molar-refractivity contribution in [2.45, 2.75) is 19.9 Å². The van der Waals surface area contributed by atoms with E-state index in [1.807, 2.05) is 44.2 Å². The smallest absolute Gasteiger partial charge is 0.218 e. The van der Waals surface area contributed by atoms with Crippen molar-refractivity contribution in [2.75, 3.05) is 0 Å². The summed E-state index contributed by atoms with van der Waals surface area (Å²) < 4.78 is 5.41. The van der Waals surface area contributed by atoms with E-state index < -0.39 is 0 Å². The van der Waals surface area contributed by atoms with Crippen LogP contribution < -0.4 is 5.73 Å². The van der Waals surface area contributed by atoms with Gasteiger partial charge in [0.05, 0.1) is 6.20 Å². The van der Waals surface area contributed by atoms with Crippen molar-refractivity contribution in [1.29, 1.82) is 0 Å². The van der Waals surface area contributed by atoms with Crippen molar-refractivity contribution in [3.8, 4) is 0 Å². The molecule has 2 N–H and O–H groups in total. The molecule has 1 aromatic heterocycles. The normalized spacial score (nSPS) is 13.6. The highest BCUT2D eigenvalue weighted by atomic mass is 16.4. The Hall–Kier alpha value is -2.10. The van der Waals surface area contributed by atoms with Gasteiger partial charge in [-0.3, -0.25) is 4.99 Å². The minimum atomic E-state index is -0.177. The van der Waals surface area contributed by atoms with Crippen LogP contribution in [-0.2, 0) is 0 Å². The maximum atomic E-state index is 5.92. The fourth-order valence-electron chi connectivity index (χ4n) is 1.51. The summed E-state index contributed by atoms with van der Waals surface area (Å²) in [4.78, 5) is 8.50. The number of hydrogen-bond donors (Lipinski definition) is 1. The maximum absolute atomic E-state index is 5.92. The summed E-state index contributed by atoms with van der Waals surface area (Å²) in [6.07, 6.45) is 1.68. The van der Waals surface area contributed by atoms with Gasteiger partial charge in [0.25, 0.3) is 0 Å². The molecule has 0 bridgehead atoms. The summed E-state index contributed by atoms with van der Waals surface area (Å²) in [6, 6.07) is 9.47. The third-order valence-electron chi connectivity index (χ3n) is 2.40. The van der Waals surface area contributed by atoms with Gasteiger partial charge in [-0.25, -0.2) is 4.98 Å². The van der Waals surface area contributed by atoms with Crippen molar-refractivity contribution in [1.82, 2.24) is 4.98 Å². The lowest BCUT2D eigenvalue weighted by molar-refractivity contribution is 0.445. The molecule has 0 radical (unpaired) electrons. The van der Waals surface area contributed by atoms with Crippen LogP contribution in [0.4, 0.5) is 0 Å². The molecule has 0 amide bonds. The largest absolute Gasteiger partial charge is 0.444 e. The lowest BCUT2D eigenvalue weighted by atomic mass is 10.2. The van der Waals surface area contributed by atoms with E-state index in [0.717, 1.165) is 11.3 Å². The van der Waals surface area contributed by atoms with E-state index in [4.69, 9.17) is 10.2 Å². The van der Waals surface area contributed by atoms with E-state index in [1.165, 1.54) is 0 Å². The number of aromatic nitrogens is 1. The highest BCUT2D eigenvalue weighted by molar-refractivity contribution is 5.97. The van der Waals surface area contributed by atoms with Crippen LogP contribution in [0.25, 0.3) is 0 Å². The molecule has 0 aliphatic heterocycles. The van der Waals surface area contributed by atoms with Gasteiger partial charge in [-0.1, -0.05) is 30.3 Å². The fraction of sp³-hybridized carbons (Fsp3) is 0.231. The summed E-state index contributed by atoms with van der Waals surface area (Å²) in [5.74, 6) is 1.86. The lowest BCUT2D eigenvalue weighted by Gasteiger charge is -2.04. The summed E-state index contributed by atoms with van der Waals surface area (Å²) in [7, 11) is 0. The zero-order chi connectivity index (χ0) is 12.3. The van der Waals surface area contributed by atoms with Crippen molar-refractivity contribution < 1.29 is 4.42 Å². The molecule has 0 aliphatic carbocycles. The summed E-state index contributed by atoms with van der Waals surface area (Å²) in [6.45, 7) is 3.76. The molecule has 1 unspecified atom stereocenters. The van der Waals surface area contributed by atoms with Crippen LogP contribution in [-0.4, -0.2) is 10.8 Å². The molecule has 0 spiro atoms. The average molecular weight is 229 g/mol. The second-order valence-corrected chi connectivity index (χ2v) is 3.87. The number of amidine groups is 1. The second-order valence-electron chi connectivity index (χ2n) is 3.87. The van der Waals surface area contributed by atoms with Crippen LogP contribution in [0.1, 0.15) is 30.2 Å². The van der Waals surface area contributed by atoms with E-state index in [1.54, 1.807) is 6.20 Å². The molecule has 0 saturated heterocycles. The number of aliphatic imine (C=N–C) groups is 1. The number of nitrogens with zero attached hydrogens (tertiary/aromatic N) is 2. The van der Waals surface area contributed by atoms with Crippen LogP contribution in [0.3, 0.4) is 0 Å². The van der Waals surface area contributed by atoms with E-state index in [2.05, 4.69) is 9.98 Å². The Balaban J connectivity index is 2.19. The molecule has 2 rings (SSSR count). The Bertz CT molecular complexity index is 516. The molecule has 1 aromatic carbocycles. The molecule has 17 heavy (non-hydrogen) atoms. The molecule has 2 aromatic rings. The first-order valence-electron chi connectivity index (χ1n) is 5.48. The van der Waals surface area contributed by atoms with Crippen molar-refractivity contribution >= 4 is 5.84 Å². The third kappa shape index (κ3) is 2.72. The van der Waals surface area contributed by atoms with Crippen LogP contribution in [0, 0.1) is 6.92 Å². The van der Waals surface area contributed by atoms with Gasteiger partial charge in [-0.15, -0.1) is 0 Å². The summed E-state index contributed by atoms with van der Waals surface area (Å²) in [5.41, 5.74) is 6.83. The van der Waals surface area contributed by atoms with Crippen LogP contribution in [0.5, 0.6) is 0 Å². The zero-order valence-corrected chi connectivity index (χ0v) is 9.92. The number of benzene rings is 1. The number of rotatable bonds is 3. The first kappa shape index (κ1) is 11.4. The number of oxazole rings is 1. The predicted molar refractivity (Wildman–Crippen MR) is 66.8 cm³/mol. The van der Waals surface area contributed by atoms with Gasteiger partial charge in [0.15, 0.2) is 0 Å². The molecular formula is C13H15N3O. The van der Waals surface area contributed by atoms with E-state index in [0.29, 0.717) is 11.7 Å². The van der Waals surface area contributed by atoms with Gasteiger partial charge in [0, 0.05) is 5.56 Å². The molecule has 0 saturated carbocycles. The highest BCUT2D eigenvalue weighted by Gasteiger charge is 2.10. The molecule has 1 atom stereocenters.